The maximum Gasteiger partial charge on any atom is 0.218 e. The van der Waals surface area contributed by atoms with Crippen LogP contribution in [0.4, 0.5) is 0 Å². The molecule has 0 saturated carbocycles. The van der Waals surface area contributed by atoms with Crippen LogP contribution >= 0.6 is 11.6 Å². The number of aryl methyl sites for hydroxylation is 1. The Morgan fingerprint density at radius 1 is 1.04 bits per heavy atom. The van der Waals surface area contributed by atoms with Crippen LogP contribution in [0, 0.1) is 0 Å². The first kappa shape index (κ1) is 18.1. The van der Waals surface area contributed by atoms with Crippen molar-refractivity contribution in [1.82, 2.24) is 24.7 Å². The summed E-state index contributed by atoms with van der Waals surface area (Å²) in [5.74, 6) is 1.60. The largest absolute Gasteiger partial charge is 0.438 e. The van der Waals surface area contributed by atoms with Crippen LogP contribution in [0.5, 0.6) is 11.6 Å². The minimum Gasteiger partial charge on any atom is -0.438 e. The third-order valence-electron chi connectivity index (χ3n) is 4.10. The topological polar surface area (TPSA) is 91.7 Å². The highest BCUT2D eigenvalue weighted by molar-refractivity contribution is 6.30. The number of nitrogens with zero attached hydrogens (tertiary/aromatic N) is 5. The molecule has 0 aliphatic heterocycles. The van der Waals surface area contributed by atoms with Gasteiger partial charge in [-0.05, 0) is 24.3 Å². The first-order chi connectivity index (χ1) is 13.6. The van der Waals surface area contributed by atoms with Crippen molar-refractivity contribution < 1.29 is 4.74 Å². The van der Waals surface area contributed by atoms with E-state index in [2.05, 4.69) is 20.1 Å². The zero-order valence-corrected chi connectivity index (χ0v) is 15.8. The fraction of sp³-hybridized carbons (Fsp3) is 0.100. The van der Waals surface area contributed by atoms with Crippen LogP contribution in [0.15, 0.2) is 61.1 Å². The van der Waals surface area contributed by atoms with E-state index in [4.69, 9.17) is 22.1 Å². The van der Waals surface area contributed by atoms with Crippen molar-refractivity contribution in [3.63, 3.8) is 0 Å². The van der Waals surface area contributed by atoms with E-state index in [9.17, 15) is 0 Å². The summed E-state index contributed by atoms with van der Waals surface area (Å²) >= 11 is 6.19. The first-order valence-electron chi connectivity index (χ1n) is 8.58. The van der Waals surface area contributed by atoms with E-state index in [-0.39, 0.29) is 0 Å². The molecule has 28 heavy (non-hydrogen) atoms. The number of nitrogens with two attached hydrogens (primary N) is 1. The summed E-state index contributed by atoms with van der Waals surface area (Å²) in [7, 11) is 1.80. The van der Waals surface area contributed by atoms with Crippen LogP contribution < -0.4 is 10.5 Å². The summed E-state index contributed by atoms with van der Waals surface area (Å²) in [6, 6.07) is 12.8. The molecule has 1 aromatic carbocycles. The number of hydrogen-bond donors (Lipinski definition) is 1. The van der Waals surface area contributed by atoms with E-state index in [1.54, 1.807) is 42.5 Å². The van der Waals surface area contributed by atoms with Crippen molar-refractivity contribution in [1.29, 1.82) is 0 Å². The highest BCUT2D eigenvalue weighted by Crippen LogP contribution is 2.34. The van der Waals surface area contributed by atoms with Gasteiger partial charge in [-0.1, -0.05) is 17.7 Å². The Bertz CT molecular complexity index is 1100. The number of aromatic nitrogens is 5. The molecule has 3 heterocycles. The summed E-state index contributed by atoms with van der Waals surface area (Å²) in [5.41, 5.74) is 8.67. The van der Waals surface area contributed by atoms with E-state index in [1.165, 1.54) is 0 Å². The number of ether oxygens (including phenoxy) is 1. The van der Waals surface area contributed by atoms with E-state index in [0.717, 1.165) is 11.3 Å². The van der Waals surface area contributed by atoms with Gasteiger partial charge in [-0.2, -0.15) is 5.10 Å². The van der Waals surface area contributed by atoms with Gasteiger partial charge in [0.2, 0.25) is 5.88 Å². The molecular weight excluding hydrogens is 376 g/mol. The fourth-order valence-electron chi connectivity index (χ4n) is 2.66. The molecule has 3 aromatic heterocycles. The summed E-state index contributed by atoms with van der Waals surface area (Å²) in [6.45, 7) is 0.384. The van der Waals surface area contributed by atoms with Gasteiger partial charge in [-0.3, -0.25) is 4.98 Å². The lowest BCUT2D eigenvalue weighted by Gasteiger charge is -2.11. The number of pyridine rings is 1. The molecule has 0 radical (unpaired) electrons. The molecule has 2 N–H and O–H groups in total. The average Bonchev–Trinajstić information content (AvgIpc) is 3.09. The van der Waals surface area contributed by atoms with E-state index in [0.29, 0.717) is 40.3 Å². The maximum absolute atomic E-state index is 6.19. The Labute approximate surface area is 166 Å². The highest BCUT2D eigenvalue weighted by Gasteiger charge is 2.15. The zero-order chi connectivity index (χ0) is 19.5. The maximum atomic E-state index is 6.19. The van der Waals surface area contributed by atoms with Gasteiger partial charge in [-0.25, -0.2) is 14.6 Å². The number of hydrogen-bond acceptors (Lipinski definition) is 6. The summed E-state index contributed by atoms with van der Waals surface area (Å²) in [6.07, 6.45) is 5.12. The minimum atomic E-state index is 0.384. The summed E-state index contributed by atoms with van der Waals surface area (Å²) in [5, 5.41) is 5.02. The molecule has 0 atom stereocenters. The molecule has 8 heteroatoms. The van der Waals surface area contributed by atoms with Crippen molar-refractivity contribution in [3.05, 3.63) is 71.6 Å². The molecule has 140 valence electrons. The summed E-state index contributed by atoms with van der Waals surface area (Å²) in [4.78, 5) is 13.1. The second-order valence-corrected chi connectivity index (χ2v) is 6.50. The second-order valence-electron chi connectivity index (χ2n) is 6.07. The standard InChI is InChI=1S/C20H17ClN6O/c1-27-19(9-17(26-27)16-4-2-3-7-23-16)28-18-8-14(21)5-6-15(18)20-24-11-13(10-22)12-25-20/h2-9,11-12H,10,22H2,1H3. The van der Waals surface area contributed by atoms with Crippen LogP contribution in [0.1, 0.15) is 5.56 Å². The van der Waals surface area contributed by atoms with E-state index >= 15 is 0 Å². The van der Waals surface area contributed by atoms with Gasteiger partial charge in [0.15, 0.2) is 5.82 Å². The second kappa shape index (κ2) is 7.75. The van der Waals surface area contributed by atoms with Gasteiger partial charge >= 0.3 is 0 Å². The average molecular weight is 393 g/mol. The highest BCUT2D eigenvalue weighted by atomic mass is 35.5. The lowest BCUT2D eigenvalue weighted by Crippen LogP contribution is -2.00. The zero-order valence-electron chi connectivity index (χ0n) is 15.1. The van der Waals surface area contributed by atoms with Crippen LogP contribution in [0.2, 0.25) is 5.02 Å². The van der Waals surface area contributed by atoms with Crippen molar-refractivity contribution in [2.45, 2.75) is 6.54 Å². The number of benzene rings is 1. The van der Waals surface area contributed by atoms with Gasteiger partial charge in [0, 0.05) is 54.9 Å². The lowest BCUT2D eigenvalue weighted by atomic mass is 10.2. The molecule has 0 fully saturated rings. The smallest absolute Gasteiger partial charge is 0.218 e. The molecule has 0 aliphatic carbocycles. The van der Waals surface area contributed by atoms with Crippen LogP contribution in [-0.4, -0.2) is 24.7 Å². The van der Waals surface area contributed by atoms with Crippen molar-refractivity contribution >= 4 is 11.6 Å². The van der Waals surface area contributed by atoms with Crippen molar-refractivity contribution in [2.24, 2.45) is 12.8 Å². The number of halogens is 1. The van der Waals surface area contributed by atoms with Gasteiger partial charge in [0.25, 0.3) is 0 Å². The predicted octanol–water partition coefficient (Wildman–Crippen LogP) is 3.84. The molecule has 4 aromatic rings. The van der Waals surface area contributed by atoms with Crippen LogP contribution in [0.25, 0.3) is 22.8 Å². The van der Waals surface area contributed by atoms with Crippen LogP contribution in [0.3, 0.4) is 0 Å². The molecular formula is C20H17ClN6O. The number of rotatable bonds is 5. The van der Waals surface area contributed by atoms with Crippen molar-refractivity contribution in [3.8, 4) is 34.4 Å². The van der Waals surface area contributed by atoms with Gasteiger partial charge in [0.1, 0.15) is 11.4 Å². The Kier molecular flexibility index (Phi) is 5.01. The van der Waals surface area contributed by atoms with Crippen molar-refractivity contribution in [2.75, 3.05) is 0 Å². The minimum absolute atomic E-state index is 0.384. The van der Waals surface area contributed by atoms with Gasteiger partial charge < -0.3 is 10.5 Å². The third kappa shape index (κ3) is 3.71. The Morgan fingerprint density at radius 3 is 2.57 bits per heavy atom. The normalized spacial score (nSPS) is 10.8. The molecule has 7 nitrogen and oxygen atoms in total. The SMILES string of the molecule is Cn1nc(-c2ccccn2)cc1Oc1cc(Cl)ccc1-c1ncc(CN)cn1. The predicted molar refractivity (Wildman–Crippen MR) is 107 cm³/mol. The molecule has 0 unspecified atom stereocenters. The Hall–Kier alpha value is -3.29. The Morgan fingerprint density at radius 2 is 1.86 bits per heavy atom. The quantitative estimate of drug-likeness (QED) is 0.554. The van der Waals surface area contributed by atoms with E-state index in [1.807, 2.05) is 30.3 Å². The Balaban J connectivity index is 1.70. The third-order valence-corrected chi connectivity index (χ3v) is 4.34. The molecule has 0 spiro atoms. The molecule has 0 saturated heterocycles. The first-order valence-corrected chi connectivity index (χ1v) is 8.96. The lowest BCUT2D eigenvalue weighted by molar-refractivity contribution is 0.432. The fourth-order valence-corrected chi connectivity index (χ4v) is 2.82. The monoisotopic (exact) mass is 392 g/mol. The van der Waals surface area contributed by atoms with Crippen LogP contribution in [-0.2, 0) is 13.6 Å². The van der Waals surface area contributed by atoms with Gasteiger partial charge in [-0.15, -0.1) is 0 Å². The molecule has 0 amide bonds. The molecule has 0 aliphatic rings. The van der Waals surface area contributed by atoms with E-state index < -0.39 is 0 Å². The van der Waals surface area contributed by atoms with Gasteiger partial charge in [0.05, 0.1) is 11.3 Å². The molecule has 0 bridgehead atoms. The summed E-state index contributed by atoms with van der Waals surface area (Å²) < 4.78 is 7.76. The molecule has 4 rings (SSSR count).